The first kappa shape index (κ1) is 14.2. The van der Waals surface area contributed by atoms with Crippen LogP contribution in [0.5, 0.6) is 0 Å². The van der Waals surface area contributed by atoms with Gasteiger partial charge in [0.1, 0.15) is 23.5 Å². The lowest BCUT2D eigenvalue weighted by Crippen LogP contribution is -2.31. The van der Waals surface area contributed by atoms with Gasteiger partial charge in [-0.1, -0.05) is 28.1 Å². The van der Waals surface area contributed by atoms with E-state index in [0.717, 1.165) is 34.1 Å². The average Bonchev–Trinajstić information content (AvgIpc) is 2.95. The van der Waals surface area contributed by atoms with Crippen molar-refractivity contribution in [1.29, 1.82) is 5.26 Å². The summed E-state index contributed by atoms with van der Waals surface area (Å²) in [5.74, 6) is 0.828. The lowest BCUT2D eigenvalue weighted by molar-refractivity contribution is -0.116. The van der Waals surface area contributed by atoms with Gasteiger partial charge in [0, 0.05) is 22.2 Å². The first-order chi connectivity index (χ1) is 11.2. The van der Waals surface area contributed by atoms with E-state index >= 15 is 0 Å². The first-order valence-corrected chi connectivity index (χ1v) is 8.24. The van der Waals surface area contributed by atoms with E-state index in [1.54, 1.807) is 10.9 Å². The second-order valence-electron chi connectivity index (χ2n) is 5.71. The number of Topliss-reactive ketones (excluding diaryl/α,β-unsaturated/α-hetero) is 1. The minimum Gasteiger partial charge on any atom is -0.342 e. The van der Waals surface area contributed by atoms with Gasteiger partial charge in [-0.2, -0.15) is 10.4 Å². The lowest BCUT2D eigenvalue weighted by atomic mass is 9.85. The topological polar surface area (TPSA) is 70.7 Å². The van der Waals surface area contributed by atoms with Crippen molar-refractivity contribution in [3.8, 4) is 6.07 Å². The van der Waals surface area contributed by atoms with Gasteiger partial charge in [0.25, 0.3) is 0 Å². The molecule has 0 radical (unpaired) electrons. The maximum atomic E-state index is 12.6. The zero-order valence-corrected chi connectivity index (χ0v) is 13.8. The molecule has 1 aromatic heterocycles. The number of carbonyl (C=O) groups is 1. The van der Waals surface area contributed by atoms with E-state index in [2.05, 4.69) is 32.4 Å². The Balaban J connectivity index is 1.96. The van der Waals surface area contributed by atoms with Crippen LogP contribution in [0.2, 0.25) is 0 Å². The van der Waals surface area contributed by atoms with Crippen molar-refractivity contribution in [2.45, 2.75) is 25.3 Å². The van der Waals surface area contributed by atoms with Crippen molar-refractivity contribution < 1.29 is 4.79 Å². The number of fused-ring (bicyclic) bond motifs is 1. The molecule has 1 aromatic carbocycles. The van der Waals surface area contributed by atoms with Crippen LogP contribution in [0.4, 0.5) is 5.82 Å². The second kappa shape index (κ2) is 5.36. The van der Waals surface area contributed by atoms with Gasteiger partial charge in [-0.05, 0) is 30.5 Å². The van der Waals surface area contributed by atoms with Crippen molar-refractivity contribution in [2.75, 3.05) is 5.32 Å². The van der Waals surface area contributed by atoms with Crippen LogP contribution in [-0.2, 0) is 4.79 Å². The highest BCUT2D eigenvalue weighted by Crippen LogP contribution is 2.41. The highest BCUT2D eigenvalue weighted by atomic mass is 79.9. The molecule has 0 amide bonds. The van der Waals surface area contributed by atoms with E-state index in [0.29, 0.717) is 17.8 Å². The molecule has 0 fully saturated rings. The maximum absolute atomic E-state index is 12.6. The Kier molecular flexibility index (Phi) is 3.31. The molecule has 1 unspecified atom stereocenters. The molecule has 0 saturated carbocycles. The van der Waals surface area contributed by atoms with Crippen LogP contribution in [0, 0.1) is 11.3 Å². The number of anilines is 1. The quantitative estimate of drug-likeness (QED) is 0.835. The average molecular weight is 369 g/mol. The van der Waals surface area contributed by atoms with Crippen molar-refractivity contribution in [3.05, 3.63) is 57.3 Å². The fourth-order valence-corrected chi connectivity index (χ4v) is 3.74. The lowest BCUT2D eigenvalue weighted by Gasteiger charge is -2.33. The van der Waals surface area contributed by atoms with Crippen molar-refractivity contribution >= 4 is 27.5 Å². The van der Waals surface area contributed by atoms with Crippen LogP contribution >= 0.6 is 15.9 Å². The van der Waals surface area contributed by atoms with Gasteiger partial charge in [-0.3, -0.25) is 4.79 Å². The van der Waals surface area contributed by atoms with Crippen LogP contribution in [0.3, 0.4) is 0 Å². The SMILES string of the molecule is N#Cc1cnn2c1NC1=C(C(=O)CCC1)C2c1cccc(Br)c1. The minimum absolute atomic E-state index is 0.156. The largest absolute Gasteiger partial charge is 0.342 e. The van der Waals surface area contributed by atoms with Gasteiger partial charge in [0.15, 0.2) is 5.78 Å². The summed E-state index contributed by atoms with van der Waals surface area (Å²) in [6.45, 7) is 0. The monoisotopic (exact) mass is 368 g/mol. The number of carbonyl (C=O) groups excluding carboxylic acids is 1. The third-order valence-corrected chi connectivity index (χ3v) is 4.82. The molecule has 6 heteroatoms. The molecular weight excluding hydrogens is 356 g/mol. The van der Waals surface area contributed by atoms with E-state index in [-0.39, 0.29) is 11.8 Å². The molecule has 1 atom stereocenters. The zero-order valence-electron chi connectivity index (χ0n) is 12.2. The highest BCUT2D eigenvalue weighted by molar-refractivity contribution is 9.10. The number of benzene rings is 1. The number of aromatic nitrogens is 2. The Labute approximate surface area is 141 Å². The first-order valence-electron chi connectivity index (χ1n) is 7.45. The Morgan fingerprint density at radius 3 is 3.04 bits per heavy atom. The fourth-order valence-electron chi connectivity index (χ4n) is 3.32. The van der Waals surface area contributed by atoms with Gasteiger partial charge < -0.3 is 5.32 Å². The van der Waals surface area contributed by atoms with Crippen LogP contribution in [-0.4, -0.2) is 15.6 Å². The molecule has 4 rings (SSSR count). The van der Waals surface area contributed by atoms with E-state index in [9.17, 15) is 10.1 Å². The summed E-state index contributed by atoms with van der Waals surface area (Å²) in [5.41, 5.74) is 3.18. The number of allylic oxidation sites excluding steroid dienone is 2. The molecule has 5 nitrogen and oxygen atoms in total. The summed E-state index contributed by atoms with van der Waals surface area (Å²) in [6.07, 6.45) is 3.77. The minimum atomic E-state index is -0.284. The smallest absolute Gasteiger partial charge is 0.163 e. The molecule has 2 aliphatic rings. The standard InChI is InChI=1S/C17H13BrN4O/c18-12-4-1-3-10(7-12)16-15-13(5-2-6-14(15)23)21-17-11(8-19)9-20-22(16)17/h1,3-4,7,9,16,21H,2,5-6H2. The summed E-state index contributed by atoms with van der Waals surface area (Å²) < 4.78 is 2.70. The molecule has 23 heavy (non-hydrogen) atoms. The predicted molar refractivity (Wildman–Crippen MR) is 88.7 cm³/mol. The van der Waals surface area contributed by atoms with Gasteiger partial charge in [0.2, 0.25) is 0 Å². The number of ketones is 1. The van der Waals surface area contributed by atoms with Gasteiger partial charge in [-0.15, -0.1) is 0 Å². The number of nitrogens with one attached hydrogen (secondary N) is 1. The Hall–Kier alpha value is -2.39. The summed E-state index contributed by atoms with van der Waals surface area (Å²) in [6, 6.07) is 9.77. The molecular formula is C17H13BrN4O. The molecule has 0 saturated heterocycles. The maximum Gasteiger partial charge on any atom is 0.163 e. The number of nitriles is 1. The highest BCUT2D eigenvalue weighted by Gasteiger charge is 2.36. The fraction of sp³-hybridized carbons (Fsp3) is 0.235. The van der Waals surface area contributed by atoms with E-state index in [1.807, 2.05) is 24.3 Å². The van der Waals surface area contributed by atoms with E-state index < -0.39 is 0 Å². The predicted octanol–water partition coefficient (Wildman–Crippen LogP) is 3.54. The zero-order chi connectivity index (χ0) is 16.0. The molecule has 0 bridgehead atoms. The number of rotatable bonds is 1. The number of halogens is 1. The van der Waals surface area contributed by atoms with Crippen LogP contribution in [0.25, 0.3) is 0 Å². The van der Waals surface area contributed by atoms with Crippen molar-refractivity contribution in [1.82, 2.24) is 9.78 Å². The molecule has 2 aromatic rings. The Bertz CT molecular complexity index is 890. The second-order valence-corrected chi connectivity index (χ2v) is 6.63. The van der Waals surface area contributed by atoms with Crippen LogP contribution in [0.1, 0.15) is 36.4 Å². The number of hydrogen-bond acceptors (Lipinski definition) is 4. The van der Waals surface area contributed by atoms with Gasteiger partial charge in [0.05, 0.1) is 6.20 Å². The Morgan fingerprint density at radius 2 is 2.26 bits per heavy atom. The van der Waals surface area contributed by atoms with Gasteiger partial charge >= 0.3 is 0 Å². The third-order valence-electron chi connectivity index (χ3n) is 4.32. The van der Waals surface area contributed by atoms with Crippen LogP contribution in [0.15, 0.2) is 46.2 Å². The molecule has 2 heterocycles. The molecule has 1 aliphatic carbocycles. The van der Waals surface area contributed by atoms with Crippen molar-refractivity contribution in [3.63, 3.8) is 0 Å². The van der Waals surface area contributed by atoms with E-state index in [1.165, 1.54) is 0 Å². The number of nitrogens with zero attached hydrogens (tertiary/aromatic N) is 3. The molecule has 114 valence electrons. The summed E-state index contributed by atoms with van der Waals surface area (Å²) in [4.78, 5) is 12.6. The molecule has 1 aliphatic heterocycles. The van der Waals surface area contributed by atoms with Crippen molar-refractivity contribution in [2.24, 2.45) is 0 Å². The van der Waals surface area contributed by atoms with E-state index in [4.69, 9.17) is 0 Å². The third kappa shape index (κ3) is 2.20. The molecule has 0 spiro atoms. The Morgan fingerprint density at radius 1 is 1.39 bits per heavy atom. The number of hydrogen-bond donors (Lipinski definition) is 1. The van der Waals surface area contributed by atoms with Crippen LogP contribution < -0.4 is 5.32 Å². The normalized spacial score (nSPS) is 19.7. The summed E-state index contributed by atoms with van der Waals surface area (Å²) in [7, 11) is 0. The van der Waals surface area contributed by atoms with Gasteiger partial charge in [-0.25, -0.2) is 4.68 Å². The summed E-state index contributed by atoms with van der Waals surface area (Å²) in [5, 5.41) is 16.9. The summed E-state index contributed by atoms with van der Waals surface area (Å²) >= 11 is 3.49. The molecule has 1 N–H and O–H groups in total.